The molecule has 1 aliphatic heterocycles. The van der Waals surface area contributed by atoms with E-state index in [1.165, 1.54) is 25.9 Å². The van der Waals surface area contributed by atoms with Crippen molar-refractivity contribution in [3.05, 3.63) is 23.7 Å². The molecule has 0 aromatic carbocycles. The Morgan fingerprint density at radius 2 is 2.25 bits per heavy atom. The molecule has 1 aromatic rings. The van der Waals surface area contributed by atoms with Gasteiger partial charge >= 0.3 is 0 Å². The van der Waals surface area contributed by atoms with Gasteiger partial charge in [0.1, 0.15) is 11.5 Å². The van der Waals surface area contributed by atoms with Gasteiger partial charge in [0.05, 0.1) is 13.1 Å². The van der Waals surface area contributed by atoms with Crippen LogP contribution in [0.3, 0.4) is 0 Å². The predicted octanol–water partition coefficient (Wildman–Crippen LogP) is 2.23. The highest BCUT2D eigenvalue weighted by Crippen LogP contribution is 2.18. The second-order valence-electron chi connectivity index (χ2n) is 4.88. The molecule has 1 atom stereocenters. The molecule has 0 radical (unpaired) electrons. The van der Waals surface area contributed by atoms with Crippen LogP contribution in [0.2, 0.25) is 0 Å². The number of rotatable bonds is 4. The van der Waals surface area contributed by atoms with E-state index in [1.54, 1.807) is 0 Å². The highest BCUT2D eigenvalue weighted by molar-refractivity contribution is 5.07. The van der Waals surface area contributed by atoms with Gasteiger partial charge in [-0.05, 0) is 44.5 Å². The topological polar surface area (TPSA) is 28.4 Å². The molecule has 0 amide bonds. The standard InChI is InChI=1S/C13H22N2O/c1-11-4-3-7-15(9-11)10-13-6-5-12(16-13)8-14-2/h5-6,11,14H,3-4,7-10H2,1-2H3. The molecule has 2 rings (SSSR count). The quantitative estimate of drug-likeness (QED) is 0.847. The van der Waals surface area contributed by atoms with Crippen LogP contribution in [-0.2, 0) is 13.1 Å². The first-order valence-corrected chi connectivity index (χ1v) is 6.22. The number of nitrogens with zero attached hydrogens (tertiary/aromatic N) is 1. The molecular weight excluding hydrogens is 200 g/mol. The third-order valence-corrected chi connectivity index (χ3v) is 3.19. The van der Waals surface area contributed by atoms with Gasteiger partial charge < -0.3 is 9.73 Å². The first-order chi connectivity index (χ1) is 7.78. The zero-order valence-electron chi connectivity index (χ0n) is 10.3. The number of hydrogen-bond donors (Lipinski definition) is 1. The molecular formula is C13H22N2O. The van der Waals surface area contributed by atoms with Crippen molar-refractivity contribution < 1.29 is 4.42 Å². The summed E-state index contributed by atoms with van der Waals surface area (Å²) >= 11 is 0. The van der Waals surface area contributed by atoms with E-state index < -0.39 is 0 Å². The van der Waals surface area contributed by atoms with E-state index in [9.17, 15) is 0 Å². The van der Waals surface area contributed by atoms with Crippen LogP contribution in [0.1, 0.15) is 31.3 Å². The van der Waals surface area contributed by atoms with Gasteiger partial charge in [0, 0.05) is 6.54 Å². The zero-order valence-corrected chi connectivity index (χ0v) is 10.3. The Bertz CT molecular complexity index is 321. The third kappa shape index (κ3) is 3.09. The van der Waals surface area contributed by atoms with Crippen molar-refractivity contribution >= 4 is 0 Å². The first kappa shape index (κ1) is 11.7. The molecule has 1 unspecified atom stereocenters. The fourth-order valence-corrected chi connectivity index (χ4v) is 2.43. The summed E-state index contributed by atoms with van der Waals surface area (Å²) in [5.74, 6) is 2.96. The van der Waals surface area contributed by atoms with Crippen molar-refractivity contribution in [2.45, 2.75) is 32.9 Å². The van der Waals surface area contributed by atoms with Gasteiger partial charge in [0.25, 0.3) is 0 Å². The number of furan rings is 1. The SMILES string of the molecule is CNCc1ccc(CN2CCCC(C)C2)o1. The van der Waals surface area contributed by atoms with Crippen LogP contribution < -0.4 is 5.32 Å². The zero-order chi connectivity index (χ0) is 11.4. The lowest BCUT2D eigenvalue weighted by atomic mass is 10.0. The summed E-state index contributed by atoms with van der Waals surface area (Å²) in [6, 6.07) is 4.17. The molecule has 90 valence electrons. The van der Waals surface area contributed by atoms with Crippen molar-refractivity contribution in [2.75, 3.05) is 20.1 Å². The minimum absolute atomic E-state index is 0.816. The van der Waals surface area contributed by atoms with Crippen molar-refractivity contribution in [3.8, 4) is 0 Å². The molecule has 3 nitrogen and oxygen atoms in total. The second kappa shape index (κ2) is 5.51. The fraction of sp³-hybridized carbons (Fsp3) is 0.692. The van der Waals surface area contributed by atoms with E-state index in [2.05, 4.69) is 29.3 Å². The van der Waals surface area contributed by atoms with Gasteiger partial charge in [-0.3, -0.25) is 4.90 Å². The van der Waals surface area contributed by atoms with E-state index in [-0.39, 0.29) is 0 Å². The molecule has 0 saturated carbocycles. The summed E-state index contributed by atoms with van der Waals surface area (Å²) in [5, 5.41) is 3.10. The molecule has 1 aliphatic rings. The molecule has 16 heavy (non-hydrogen) atoms. The van der Waals surface area contributed by atoms with E-state index >= 15 is 0 Å². The number of nitrogens with one attached hydrogen (secondary N) is 1. The van der Waals surface area contributed by atoms with Crippen LogP contribution in [0.15, 0.2) is 16.5 Å². The Hall–Kier alpha value is -0.800. The van der Waals surface area contributed by atoms with Gasteiger partial charge in [-0.2, -0.15) is 0 Å². The summed E-state index contributed by atoms with van der Waals surface area (Å²) in [5.41, 5.74) is 0. The summed E-state index contributed by atoms with van der Waals surface area (Å²) in [6.07, 6.45) is 2.70. The summed E-state index contributed by atoms with van der Waals surface area (Å²) in [7, 11) is 1.94. The van der Waals surface area contributed by atoms with E-state index in [1.807, 2.05) is 7.05 Å². The van der Waals surface area contributed by atoms with Crippen molar-refractivity contribution in [1.29, 1.82) is 0 Å². The van der Waals surface area contributed by atoms with Crippen molar-refractivity contribution in [1.82, 2.24) is 10.2 Å². The molecule has 1 fully saturated rings. The summed E-state index contributed by atoms with van der Waals surface area (Å²) in [4.78, 5) is 2.50. The van der Waals surface area contributed by atoms with E-state index in [0.29, 0.717) is 0 Å². The maximum absolute atomic E-state index is 5.76. The lowest BCUT2D eigenvalue weighted by Crippen LogP contribution is -2.33. The number of likely N-dealkylation sites (tertiary alicyclic amines) is 1. The van der Waals surface area contributed by atoms with Crippen LogP contribution in [-0.4, -0.2) is 25.0 Å². The minimum Gasteiger partial charge on any atom is -0.463 e. The summed E-state index contributed by atoms with van der Waals surface area (Å²) in [6.45, 7) is 6.54. The van der Waals surface area contributed by atoms with Crippen molar-refractivity contribution in [3.63, 3.8) is 0 Å². The highest BCUT2D eigenvalue weighted by atomic mass is 16.3. The van der Waals surface area contributed by atoms with Crippen LogP contribution in [0, 0.1) is 5.92 Å². The molecule has 0 aliphatic carbocycles. The second-order valence-corrected chi connectivity index (χ2v) is 4.88. The Morgan fingerprint density at radius 3 is 3.00 bits per heavy atom. The maximum atomic E-state index is 5.76. The third-order valence-electron chi connectivity index (χ3n) is 3.19. The van der Waals surface area contributed by atoms with Gasteiger partial charge in [-0.1, -0.05) is 6.92 Å². The minimum atomic E-state index is 0.816. The molecule has 1 aromatic heterocycles. The van der Waals surface area contributed by atoms with E-state index in [0.717, 1.165) is 30.5 Å². The van der Waals surface area contributed by atoms with Crippen LogP contribution in [0.25, 0.3) is 0 Å². The van der Waals surface area contributed by atoms with Crippen LogP contribution >= 0.6 is 0 Å². The molecule has 1 saturated heterocycles. The average molecular weight is 222 g/mol. The predicted molar refractivity (Wildman–Crippen MR) is 65.1 cm³/mol. The van der Waals surface area contributed by atoms with Crippen LogP contribution in [0.5, 0.6) is 0 Å². The molecule has 0 bridgehead atoms. The Labute approximate surface area is 97.8 Å². The van der Waals surface area contributed by atoms with Gasteiger partial charge in [0.2, 0.25) is 0 Å². The van der Waals surface area contributed by atoms with Crippen molar-refractivity contribution in [2.24, 2.45) is 5.92 Å². The number of hydrogen-bond acceptors (Lipinski definition) is 3. The van der Waals surface area contributed by atoms with E-state index in [4.69, 9.17) is 4.42 Å². The largest absolute Gasteiger partial charge is 0.463 e. The van der Waals surface area contributed by atoms with Crippen LogP contribution in [0.4, 0.5) is 0 Å². The lowest BCUT2D eigenvalue weighted by Gasteiger charge is -2.29. The highest BCUT2D eigenvalue weighted by Gasteiger charge is 2.17. The normalized spacial score (nSPS) is 22.5. The molecule has 3 heteroatoms. The average Bonchev–Trinajstić information content (AvgIpc) is 2.66. The smallest absolute Gasteiger partial charge is 0.118 e. The molecule has 2 heterocycles. The Kier molecular flexibility index (Phi) is 4.02. The molecule has 0 spiro atoms. The summed E-state index contributed by atoms with van der Waals surface area (Å²) < 4.78 is 5.76. The fourth-order valence-electron chi connectivity index (χ4n) is 2.43. The molecule has 1 N–H and O–H groups in total. The first-order valence-electron chi connectivity index (χ1n) is 6.22. The number of piperidine rings is 1. The monoisotopic (exact) mass is 222 g/mol. The Morgan fingerprint density at radius 1 is 1.44 bits per heavy atom. The van der Waals surface area contributed by atoms with Gasteiger partial charge in [0.15, 0.2) is 0 Å². The maximum Gasteiger partial charge on any atom is 0.118 e. The lowest BCUT2D eigenvalue weighted by molar-refractivity contribution is 0.164. The van der Waals surface area contributed by atoms with Gasteiger partial charge in [-0.25, -0.2) is 0 Å². The Balaban J connectivity index is 1.87. The van der Waals surface area contributed by atoms with Gasteiger partial charge in [-0.15, -0.1) is 0 Å².